The standard InChI is InChI=1S/C23H20ClNO2S.C23H21NO2S/c1-2-3-7-14-10-12-16(13-11-14)17-19-20(26)18(15-8-5-4-6-9-15)22(27)25-23(19)28-21(17)24;1-2-3-7-15-10-12-16(13-11-15)18-14-27-23-20(18)21(25)19(22(26)24-23)17-8-5-4-6-9-17/h4-6,8-13H,2-3,7H2,1H3,(H2,25,26,27);4-6,8-14H,2-3,7H2,1H3,(H2,24,25,26). The minimum Gasteiger partial charge on any atom is -0.506 e. The van der Waals surface area contributed by atoms with Crippen molar-refractivity contribution in [1.29, 1.82) is 0 Å². The van der Waals surface area contributed by atoms with E-state index in [-0.39, 0.29) is 28.2 Å². The second kappa shape index (κ2) is 16.9. The Hall–Kier alpha value is -5.41. The summed E-state index contributed by atoms with van der Waals surface area (Å²) in [6.45, 7) is 4.37. The van der Waals surface area contributed by atoms with Gasteiger partial charge in [-0.3, -0.25) is 9.59 Å². The molecular weight excluding hydrogens is 744 g/mol. The van der Waals surface area contributed by atoms with Crippen LogP contribution >= 0.6 is 34.3 Å². The highest BCUT2D eigenvalue weighted by atomic mass is 35.5. The fourth-order valence-electron chi connectivity index (χ4n) is 6.87. The SMILES string of the molecule is CCCCc1ccc(-c2c(Cl)sc3[nH]c(=O)c(-c4ccccc4)c(O)c23)cc1.CCCCc1ccc(-c2csc3[nH]c(=O)c(-c4ccccc4)c(O)c23)cc1. The summed E-state index contributed by atoms with van der Waals surface area (Å²) < 4.78 is 0.549. The number of fused-ring (bicyclic) bond motifs is 2. The number of hydrogen-bond donors (Lipinski definition) is 4. The maximum Gasteiger partial charge on any atom is 0.260 e. The number of pyridine rings is 2. The number of aryl methyl sites for hydroxylation is 2. The molecular formula is C46H41ClN2O4S2. The molecule has 0 saturated heterocycles. The van der Waals surface area contributed by atoms with Gasteiger partial charge in [-0.2, -0.15) is 0 Å². The van der Waals surface area contributed by atoms with Crippen LogP contribution in [-0.4, -0.2) is 20.2 Å². The van der Waals surface area contributed by atoms with Gasteiger partial charge in [-0.15, -0.1) is 22.7 Å². The molecule has 4 aromatic carbocycles. The number of aromatic hydroxyl groups is 2. The lowest BCUT2D eigenvalue weighted by molar-refractivity contribution is 0.482. The Morgan fingerprint density at radius 1 is 0.564 bits per heavy atom. The Bertz CT molecular complexity index is 2680. The van der Waals surface area contributed by atoms with E-state index in [4.69, 9.17) is 11.6 Å². The lowest BCUT2D eigenvalue weighted by Gasteiger charge is -2.08. The highest BCUT2D eigenvalue weighted by Gasteiger charge is 2.22. The van der Waals surface area contributed by atoms with Crippen molar-refractivity contribution in [2.24, 2.45) is 0 Å². The maximum absolute atomic E-state index is 12.6. The molecule has 0 saturated carbocycles. The molecule has 0 atom stereocenters. The maximum atomic E-state index is 12.6. The molecule has 4 aromatic heterocycles. The summed E-state index contributed by atoms with van der Waals surface area (Å²) in [7, 11) is 0. The fraction of sp³-hybridized carbons (Fsp3) is 0.174. The Labute approximate surface area is 332 Å². The van der Waals surface area contributed by atoms with Gasteiger partial charge >= 0.3 is 0 Å². The number of thiophene rings is 2. The smallest absolute Gasteiger partial charge is 0.260 e. The molecule has 0 aliphatic carbocycles. The normalized spacial score (nSPS) is 11.2. The number of aromatic nitrogens is 2. The van der Waals surface area contributed by atoms with Gasteiger partial charge in [-0.1, -0.05) is 147 Å². The van der Waals surface area contributed by atoms with E-state index in [1.807, 2.05) is 78.2 Å². The van der Waals surface area contributed by atoms with E-state index in [1.165, 1.54) is 46.6 Å². The van der Waals surface area contributed by atoms with Crippen molar-refractivity contribution in [3.8, 4) is 56.0 Å². The van der Waals surface area contributed by atoms with Gasteiger partial charge in [0.2, 0.25) is 0 Å². The third kappa shape index (κ3) is 7.89. The van der Waals surface area contributed by atoms with Gasteiger partial charge in [-0.25, -0.2) is 0 Å². The molecule has 8 rings (SSSR count). The van der Waals surface area contributed by atoms with Crippen LogP contribution in [0.25, 0.3) is 64.9 Å². The van der Waals surface area contributed by atoms with Crippen LogP contribution in [0.2, 0.25) is 4.34 Å². The molecule has 4 heterocycles. The number of unbranched alkanes of at least 4 members (excludes halogenated alkanes) is 2. The Morgan fingerprint density at radius 2 is 1.02 bits per heavy atom. The Kier molecular flexibility index (Phi) is 11.7. The molecule has 0 fully saturated rings. The van der Waals surface area contributed by atoms with E-state index < -0.39 is 0 Å². The third-order valence-electron chi connectivity index (χ3n) is 9.78. The van der Waals surface area contributed by atoms with E-state index in [1.54, 1.807) is 0 Å². The molecule has 55 heavy (non-hydrogen) atoms. The van der Waals surface area contributed by atoms with E-state index >= 15 is 0 Å². The molecule has 0 radical (unpaired) electrons. The summed E-state index contributed by atoms with van der Waals surface area (Å²) in [6, 6.07) is 35.2. The molecule has 0 bridgehead atoms. The zero-order chi connectivity index (χ0) is 38.5. The predicted octanol–water partition coefficient (Wildman–Crippen LogP) is 12.6. The van der Waals surface area contributed by atoms with Crippen LogP contribution in [0.3, 0.4) is 0 Å². The summed E-state index contributed by atoms with van der Waals surface area (Å²) in [4.78, 5) is 32.2. The molecule has 4 N–H and O–H groups in total. The average molecular weight is 785 g/mol. The first kappa shape index (κ1) is 37.9. The van der Waals surface area contributed by atoms with Crippen LogP contribution in [0.5, 0.6) is 11.5 Å². The van der Waals surface area contributed by atoms with Gasteiger partial charge in [0.1, 0.15) is 25.5 Å². The summed E-state index contributed by atoms with van der Waals surface area (Å²) >= 11 is 9.25. The van der Waals surface area contributed by atoms with Crippen molar-refractivity contribution >= 4 is 54.7 Å². The first-order chi connectivity index (χ1) is 26.8. The van der Waals surface area contributed by atoms with Gasteiger partial charge in [0.25, 0.3) is 11.1 Å². The van der Waals surface area contributed by atoms with Gasteiger partial charge in [0.15, 0.2) is 0 Å². The number of rotatable bonds is 10. The molecule has 0 aliphatic rings. The highest BCUT2D eigenvalue weighted by Crippen LogP contribution is 2.47. The number of nitrogens with one attached hydrogen (secondary N) is 2. The van der Waals surface area contributed by atoms with Crippen molar-refractivity contribution < 1.29 is 10.2 Å². The predicted molar refractivity (Wildman–Crippen MR) is 232 cm³/mol. The first-order valence-corrected chi connectivity index (χ1v) is 20.6. The van der Waals surface area contributed by atoms with Crippen molar-refractivity contribution in [3.05, 3.63) is 151 Å². The lowest BCUT2D eigenvalue weighted by Crippen LogP contribution is -2.08. The second-order valence-corrected chi connectivity index (χ2v) is 16.0. The largest absolute Gasteiger partial charge is 0.506 e. The van der Waals surface area contributed by atoms with Crippen LogP contribution in [0.15, 0.2) is 124 Å². The van der Waals surface area contributed by atoms with Crippen molar-refractivity contribution in [2.75, 3.05) is 0 Å². The molecule has 0 aliphatic heterocycles. The number of benzene rings is 4. The molecule has 0 amide bonds. The number of H-pyrrole nitrogens is 2. The number of aromatic amines is 2. The van der Waals surface area contributed by atoms with Gasteiger partial charge in [-0.05, 0) is 59.1 Å². The minimum atomic E-state index is -0.324. The van der Waals surface area contributed by atoms with Crippen LogP contribution in [0, 0.1) is 0 Å². The zero-order valence-corrected chi connectivity index (χ0v) is 33.0. The monoisotopic (exact) mass is 784 g/mol. The Balaban J connectivity index is 0.000000169. The second-order valence-electron chi connectivity index (χ2n) is 13.5. The van der Waals surface area contributed by atoms with Gasteiger partial charge in [0, 0.05) is 16.5 Å². The molecule has 278 valence electrons. The quantitative estimate of drug-likeness (QED) is 0.111. The molecule has 0 spiro atoms. The lowest BCUT2D eigenvalue weighted by atomic mass is 9.99. The van der Waals surface area contributed by atoms with Gasteiger partial charge < -0.3 is 20.2 Å². The van der Waals surface area contributed by atoms with E-state index in [0.29, 0.717) is 41.5 Å². The topological polar surface area (TPSA) is 106 Å². The highest BCUT2D eigenvalue weighted by molar-refractivity contribution is 7.23. The average Bonchev–Trinajstić information content (AvgIpc) is 3.78. The summed E-state index contributed by atoms with van der Waals surface area (Å²) in [5.74, 6) is 0.0180. The zero-order valence-electron chi connectivity index (χ0n) is 30.6. The first-order valence-electron chi connectivity index (χ1n) is 18.5. The molecule has 6 nitrogen and oxygen atoms in total. The molecule has 8 aromatic rings. The van der Waals surface area contributed by atoms with Crippen molar-refractivity contribution in [3.63, 3.8) is 0 Å². The molecule has 0 unspecified atom stereocenters. The summed E-state index contributed by atoms with van der Waals surface area (Å²) in [6.07, 6.45) is 6.81. The summed E-state index contributed by atoms with van der Waals surface area (Å²) in [5.41, 5.74) is 7.66. The fourth-order valence-corrected chi connectivity index (χ4v) is 9.21. The van der Waals surface area contributed by atoms with Crippen LogP contribution in [-0.2, 0) is 12.8 Å². The summed E-state index contributed by atoms with van der Waals surface area (Å²) in [5, 5.41) is 25.3. The van der Waals surface area contributed by atoms with Crippen molar-refractivity contribution in [2.45, 2.75) is 52.4 Å². The Morgan fingerprint density at radius 3 is 1.53 bits per heavy atom. The number of halogens is 1. The van der Waals surface area contributed by atoms with E-state index in [9.17, 15) is 19.8 Å². The van der Waals surface area contributed by atoms with E-state index in [0.717, 1.165) is 47.9 Å². The van der Waals surface area contributed by atoms with Crippen LogP contribution in [0.4, 0.5) is 0 Å². The van der Waals surface area contributed by atoms with Gasteiger partial charge in [0.05, 0.1) is 21.9 Å². The van der Waals surface area contributed by atoms with Crippen molar-refractivity contribution in [1.82, 2.24) is 9.97 Å². The van der Waals surface area contributed by atoms with Crippen LogP contribution < -0.4 is 11.1 Å². The third-order valence-corrected chi connectivity index (χ3v) is 12.0. The van der Waals surface area contributed by atoms with E-state index in [2.05, 4.69) is 60.2 Å². The number of hydrogen-bond acceptors (Lipinski definition) is 6. The minimum absolute atomic E-state index is 0.0295. The molecule has 9 heteroatoms. The van der Waals surface area contributed by atoms with Crippen LogP contribution in [0.1, 0.15) is 50.7 Å².